The van der Waals surface area contributed by atoms with E-state index in [0.29, 0.717) is 11.5 Å². The van der Waals surface area contributed by atoms with Crippen LogP contribution in [0.2, 0.25) is 0 Å². The number of anilines is 1. The van der Waals surface area contributed by atoms with E-state index in [-0.39, 0.29) is 12.5 Å². The molecule has 1 aliphatic rings. The molecule has 0 spiro atoms. The average Bonchev–Trinajstić information content (AvgIpc) is 2.86. The first-order valence-electron chi connectivity index (χ1n) is 5.77. The number of hydrogen-bond donors (Lipinski definition) is 4. The lowest BCUT2D eigenvalue weighted by atomic mass is 10.2. The van der Waals surface area contributed by atoms with E-state index < -0.39 is 5.97 Å². The molecule has 7 nitrogen and oxygen atoms in total. The van der Waals surface area contributed by atoms with E-state index in [4.69, 9.17) is 10.5 Å². The van der Waals surface area contributed by atoms with E-state index in [1.54, 1.807) is 0 Å². The molecule has 0 aliphatic carbocycles. The first-order valence-corrected chi connectivity index (χ1v) is 5.77. The number of benzene rings is 1. The van der Waals surface area contributed by atoms with Gasteiger partial charge in [-0.3, -0.25) is 15.8 Å². The van der Waals surface area contributed by atoms with Gasteiger partial charge >= 0.3 is 0 Å². The summed E-state index contributed by atoms with van der Waals surface area (Å²) in [5.74, 6) is -1.45. The Balaban J connectivity index is 1.73. The van der Waals surface area contributed by atoms with Crippen molar-refractivity contribution in [2.24, 2.45) is 5.73 Å². The van der Waals surface area contributed by atoms with Gasteiger partial charge in [-0.2, -0.15) is 0 Å². The van der Waals surface area contributed by atoms with Crippen LogP contribution >= 0.6 is 0 Å². The quantitative estimate of drug-likeness (QED) is 0.595. The summed E-state index contributed by atoms with van der Waals surface area (Å²) in [7, 11) is 0. The number of hydrogen-bond acceptors (Lipinski definition) is 5. The Morgan fingerprint density at radius 3 is 2.84 bits per heavy atom. The number of nitrogens with zero attached hydrogens (tertiary/aromatic N) is 1. The predicted molar refractivity (Wildman–Crippen MR) is 67.8 cm³/mol. The number of carbonyl (C=O) groups is 1. The maximum atomic E-state index is 11.8. The highest BCUT2D eigenvalue weighted by Gasteiger charge is 2.36. The van der Waals surface area contributed by atoms with Crippen molar-refractivity contribution in [1.82, 2.24) is 15.3 Å². The third-order valence-corrected chi connectivity index (χ3v) is 2.78. The molecule has 5 N–H and O–H groups in total. The minimum atomic E-state index is -1.46. The molecular weight excluding hydrogens is 246 g/mol. The first kappa shape index (κ1) is 11.7. The zero-order chi connectivity index (χ0) is 13.3. The van der Waals surface area contributed by atoms with Gasteiger partial charge in [-0.05, 0) is 5.56 Å². The van der Waals surface area contributed by atoms with E-state index in [0.717, 1.165) is 5.56 Å². The lowest BCUT2D eigenvalue weighted by Crippen LogP contribution is -2.65. The zero-order valence-corrected chi connectivity index (χ0v) is 10.0. The number of ether oxygens (including phenoxy) is 1. The Labute approximate surface area is 109 Å². The highest BCUT2D eigenvalue weighted by Crippen LogP contribution is 2.19. The molecule has 1 aliphatic heterocycles. The summed E-state index contributed by atoms with van der Waals surface area (Å²) < 4.78 is 5.53. The van der Waals surface area contributed by atoms with Gasteiger partial charge in [-0.25, -0.2) is 4.98 Å². The second-order valence-electron chi connectivity index (χ2n) is 4.22. The van der Waals surface area contributed by atoms with Gasteiger partial charge in [0.2, 0.25) is 0 Å². The molecule has 0 bridgehead atoms. The summed E-state index contributed by atoms with van der Waals surface area (Å²) in [4.78, 5) is 18.5. The SMILES string of the molecule is NC1(OCc2ccccc2)NC(=O)c2[nH]cnc2N1. The van der Waals surface area contributed by atoms with Gasteiger partial charge in [-0.1, -0.05) is 30.3 Å². The smallest absolute Gasteiger partial charge is 0.281 e. The Hall–Kier alpha value is -2.38. The third-order valence-electron chi connectivity index (χ3n) is 2.78. The monoisotopic (exact) mass is 259 g/mol. The maximum absolute atomic E-state index is 11.8. The number of fused-ring (bicyclic) bond motifs is 1. The van der Waals surface area contributed by atoms with Crippen molar-refractivity contribution >= 4 is 11.7 Å². The Bertz CT molecular complexity index is 597. The van der Waals surface area contributed by atoms with Crippen LogP contribution in [0, 0.1) is 0 Å². The molecule has 0 radical (unpaired) electrons. The van der Waals surface area contributed by atoms with Crippen molar-refractivity contribution in [2.45, 2.75) is 12.6 Å². The molecule has 2 aromatic rings. The van der Waals surface area contributed by atoms with Crippen molar-refractivity contribution < 1.29 is 9.53 Å². The molecule has 7 heteroatoms. The fraction of sp³-hybridized carbons (Fsp3) is 0.167. The fourth-order valence-electron chi connectivity index (χ4n) is 1.84. The molecule has 0 fully saturated rings. The van der Waals surface area contributed by atoms with E-state index >= 15 is 0 Å². The minimum Gasteiger partial charge on any atom is -0.339 e. The summed E-state index contributed by atoms with van der Waals surface area (Å²) >= 11 is 0. The lowest BCUT2D eigenvalue weighted by molar-refractivity contribution is -0.0520. The van der Waals surface area contributed by atoms with Crippen LogP contribution in [0.15, 0.2) is 36.7 Å². The second kappa shape index (κ2) is 4.38. The molecule has 0 saturated carbocycles. The third kappa shape index (κ3) is 2.28. The fourth-order valence-corrected chi connectivity index (χ4v) is 1.84. The van der Waals surface area contributed by atoms with Gasteiger partial charge in [0.25, 0.3) is 11.9 Å². The number of H-pyrrole nitrogens is 1. The number of amides is 1. The standard InChI is InChI=1S/C12H13N5O2/c13-12(19-6-8-4-2-1-3-5-8)16-10-9(11(18)17-12)14-7-15-10/h1-5,7,16H,6,13H2,(H,14,15)(H,17,18). The summed E-state index contributed by atoms with van der Waals surface area (Å²) in [6, 6.07) is 9.54. The second-order valence-corrected chi connectivity index (χ2v) is 4.22. The van der Waals surface area contributed by atoms with E-state index in [1.165, 1.54) is 6.33 Å². The van der Waals surface area contributed by atoms with E-state index in [1.807, 2.05) is 30.3 Å². The summed E-state index contributed by atoms with van der Waals surface area (Å²) in [5.41, 5.74) is 7.24. The topological polar surface area (TPSA) is 105 Å². The highest BCUT2D eigenvalue weighted by molar-refractivity contribution is 5.99. The first-order chi connectivity index (χ1) is 9.16. The highest BCUT2D eigenvalue weighted by atomic mass is 16.5. The molecular formula is C12H13N5O2. The normalized spacial score (nSPS) is 21.4. The van der Waals surface area contributed by atoms with Crippen molar-refractivity contribution in [3.8, 4) is 0 Å². The molecule has 0 saturated heterocycles. The number of nitrogens with two attached hydrogens (primary N) is 1. The molecule has 98 valence electrons. The van der Waals surface area contributed by atoms with Crippen LogP contribution in [-0.4, -0.2) is 21.8 Å². The molecule has 1 aromatic carbocycles. The van der Waals surface area contributed by atoms with Gasteiger partial charge in [0.1, 0.15) is 5.69 Å². The van der Waals surface area contributed by atoms with Crippen molar-refractivity contribution in [2.75, 3.05) is 5.32 Å². The van der Waals surface area contributed by atoms with Crippen LogP contribution in [-0.2, 0) is 11.3 Å². The van der Waals surface area contributed by atoms with E-state index in [2.05, 4.69) is 20.6 Å². The van der Waals surface area contributed by atoms with Gasteiger partial charge in [0.05, 0.1) is 12.9 Å². The molecule has 1 atom stereocenters. The average molecular weight is 259 g/mol. The van der Waals surface area contributed by atoms with Gasteiger partial charge in [0.15, 0.2) is 5.82 Å². The van der Waals surface area contributed by atoms with Gasteiger partial charge in [-0.15, -0.1) is 0 Å². The molecule has 1 aromatic heterocycles. The van der Waals surface area contributed by atoms with Crippen molar-refractivity contribution in [1.29, 1.82) is 0 Å². The molecule has 2 heterocycles. The number of imidazole rings is 1. The van der Waals surface area contributed by atoms with Gasteiger partial charge in [0, 0.05) is 0 Å². The van der Waals surface area contributed by atoms with Crippen molar-refractivity contribution in [3.05, 3.63) is 47.9 Å². The molecule has 19 heavy (non-hydrogen) atoms. The van der Waals surface area contributed by atoms with Crippen LogP contribution < -0.4 is 16.4 Å². The summed E-state index contributed by atoms with van der Waals surface area (Å²) in [5, 5.41) is 5.37. The Morgan fingerprint density at radius 2 is 2.05 bits per heavy atom. The number of rotatable bonds is 3. The summed E-state index contributed by atoms with van der Waals surface area (Å²) in [6.07, 6.45) is 1.42. The number of carbonyl (C=O) groups excluding carboxylic acids is 1. The molecule has 3 rings (SSSR count). The maximum Gasteiger partial charge on any atom is 0.281 e. The zero-order valence-electron chi connectivity index (χ0n) is 10.0. The number of nitrogens with one attached hydrogen (secondary N) is 3. The molecule has 1 amide bonds. The van der Waals surface area contributed by atoms with Crippen molar-refractivity contribution in [3.63, 3.8) is 0 Å². The van der Waals surface area contributed by atoms with E-state index in [9.17, 15) is 4.79 Å². The predicted octanol–water partition coefficient (Wildman–Crippen LogP) is 0.352. The number of aromatic amines is 1. The Morgan fingerprint density at radius 1 is 1.26 bits per heavy atom. The van der Waals surface area contributed by atoms with Crippen LogP contribution in [0.1, 0.15) is 16.1 Å². The number of aromatic nitrogens is 2. The Kier molecular flexibility index (Phi) is 2.69. The van der Waals surface area contributed by atoms with Crippen LogP contribution in [0.5, 0.6) is 0 Å². The van der Waals surface area contributed by atoms with Gasteiger partial charge < -0.3 is 15.0 Å². The van der Waals surface area contributed by atoms with Crippen LogP contribution in [0.3, 0.4) is 0 Å². The largest absolute Gasteiger partial charge is 0.339 e. The lowest BCUT2D eigenvalue weighted by Gasteiger charge is -2.34. The van der Waals surface area contributed by atoms with Crippen LogP contribution in [0.25, 0.3) is 0 Å². The summed E-state index contributed by atoms with van der Waals surface area (Å²) in [6.45, 7) is 0.268. The molecule has 1 unspecified atom stereocenters. The van der Waals surface area contributed by atoms with Crippen LogP contribution in [0.4, 0.5) is 5.82 Å². The minimum absolute atomic E-state index is 0.268.